The molecule has 0 unspecified atom stereocenters. The molecule has 0 saturated heterocycles. The maximum Gasteiger partial charge on any atom is 0.264 e. The summed E-state index contributed by atoms with van der Waals surface area (Å²) in [6.45, 7) is 8.87. The predicted octanol–water partition coefficient (Wildman–Crippen LogP) is 5.46. The summed E-state index contributed by atoms with van der Waals surface area (Å²) in [4.78, 5) is 28.5. The van der Waals surface area contributed by atoms with Crippen LogP contribution in [0.15, 0.2) is 82.2 Å². The van der Waals surface area contributed by atoms with Gasteiger partial charge in [0.2, 0.25) is 11.8 Å². The van der Waals surface area contributed by atoms with Crippen LogP contribution in [-0.2, 0) is 32.6 Å². The number of carbonyl (C=O) groups is 2. The fraction of sp³-hybridized carbons (Fsp3) is 0.333. The molecule has 3 aromatic carbocycles. The largest absolute Gasteiger partial charge is 0.352 e. The number of nitrogens with zero attached hydrogens (tertiary/aromatic N) is 2. The second-order valence-electron chi connectivity index (χ2n) is 9.79. The molecule has 0 aliphatic carbocycles. The summed E-state index contributed by atoms with van der Waals surface area (Å²) >= 11 is 3.42. The molecule has 0 aliphatic rings. The van der Waals surface area contributed by atoms with E-state index >= 15 is 0 Å². The van der Waals surface area contributed by atoms with Crippen LogP contribution in [-0.4, -0.2) is 43.8 Å². The van der Waals surface area contributed by atoms with Gasteiger partial charge in [0.15, 0.2) is 0 Å². The Kier molecular flexibility index (Phi) is 10.3. The van der Waals surface area contributed by atoms with Crippen LogP contribution in [0.2, 0.25) is 0 Å². The van der Waals surface area contributed by atoms with Gasteiger partial charge in [-0.3, -0.25) is 13.9 Å². The maximum atomic E-state index is 14.0. The molecule has 9 heteroatoms. The van der Waals surface area contributed by atoms with E-state index in [1.807, 2.05) is 64.1 Å². The molecule has 3 rings (SSSR count). The zero-order valence-electron chi connectivity index (χ0n) is 23.0. The first-order valence-electron chi connectivity index (χ1n) is 13.0. The fourth-order valence-corrected chi connectivity index (χ4v) is 5.89. The highest BCUT2D eigenvalue weighted by molar-refractivity contribution is 9.10. The monoisotopic (exact) mass is 613 g/mol. The Hall–Kier alpha value is -3.17. The molecule has 7 nitrogen and oxygen atoms in total. The van der Waals surface area contributed by atoms with Crippen molar-refractivity contribution in [1.29, 1.82) is 0 Å². The van der Waals surface area contributed by atoms with Gasteiger partial charge in [-0.15, -0.1) is 0 Å². The number of para-hydroxylation sites is 1. The van der Waals surface area contributed by atoms with E-state index in [9.17, 15) is 18.0 Å². The Morgan fingerprint density at radius 2 is 1.54 bits per heavy atom. The number of anilines is 1. The molecule has 3 aromatic rings. The van der Waals surface area contributed by atoms with Crippen LogP contribution >= 0.6 is 15.9 Å². The van der Waals surface area contributed by atoms with E-state index in [0.717, 1.165) is 21.2 Å². The first-order chi connectivity index (χ1) is 18.4. The van der Waals surface area contributed by atoms with Crippen LogP contribution in [0.5, 0.6) is 0 Å². The number of aryl methyl sites for hydroxylation is 2. The van der Waals surface area contributed by atoms with Gasteiger partial charge in [-0.05, 0) is 75.6 Å². The minimum Gasteiger partial charge on any atom is -0.352 e. The summed E-state index contributed by atoms with van der Waals surface area (Å²) < 4.78 is 30.0. The second kappa shape index (κ2) is 13.3. The molecule has 0 saturated carbocycles. The summed E-state index contributed by atoms with van der Waals surface area (Å²) in [5, 5.41) is 2.87. The Morgan fingerprint density at radius 1 is 0.923 bits per heavy atom. The third-order valence-corrected chi connectivity index (χ3v) is 8.70. The van der Waals surface area contributed by atoms with Crippen molar-refractivity contribution in [1.82, 2.24) is 10.2 Å². The molecular formula is C30H36BrN3O4S. The highest BCUT2D eigenvalue weighted by atomic mass is 79.9. The lowest BCUT2D eigenvalue weighted by Gasteiger charge is -2.33. The van der Waals surface area contributed by atoms with Crippen molar-refractivity contribution in [2.24, 2.45) is 0 Å². The second-order valence-corrected chi connectivity index (χ2v) is 12.6. The number of amides is 2. The van der Waals surface area contributed by atoms with Crippen molar-refractivity contribution >= 4 is 43.5 Å². The Labute approximate surface area is 240 Å². The SMILES string of the molecule is CCc1ccccc1N(CC(=O)N(Cc1ccc(Br)cc1)[C@@H](C)C(=O)NC(C)C)S(=O)(=O)c1ccc(C)cc1. The van der Waals surface area contributed by atoms with Gasteiger partial charge in [0.25, 0.3) is 10.0 Å². The Balaban J connectivity index is 2.06. The van der Waals surface area contributed by atoms with Crippen LogP contribution in [0.1, 0.15) is 44.4 Å². The quantitative estimate of drug-likeness (QED) is 0.311. The van der Waals surface area contributed by atoms with Gasteiger partial charge in [0.1, 0.15) is 12.6 Å². The molecule has 0 spiro atoms. The number of sulfonamides is 1. The molecule has 0 radical (unpaired) electrons. The molecule has 1 N–H and O–H groups in total. The van der Waals surface area contributed by atoms with Crippen molar-refractivity contribution in [2.45, 2.75) is 64.6 Å². The average molecular weight is 615 g/mol. The van der Waals surface area contributed by atoms with Gasteiger partial charge in [-0.2, -0.15) is 0 Å². The third kappa shape index (κ3) is 7.70. The van der Waals surface area contributed by atoms with Crippen LogP contribution in [0.4, 0.5) is 5.69 Å². The van der Waals surface area contributed by atoms with E-state index in [-0.39, 0.29) is 23.4 Å². The zero-order chi connectivity index (χ0) is 28.7. The summed E-state index contributed by atoms with van der Waals surface area (Å²) in [7, 11) is -4.10. The standard InChI is InChI=1S/C30H36BrN3O4S/c1-6-25-9-7-8-10-28(25)34(39(37,38)27-17-11-22(4)12-18-27)20-29(35)33(23(5)30(36)32-21(2)3)19-24-13-15-26(31)16-14-24/h7-18,21,23H,6,19-20H2,1-5H3,(H,32,36)/t23-/m0/s1. The number of benzene rings is 3. The third-order valence-electron chi connectivity index (χ3n) is 6.39. The van der Waals surface area contributed by atoms with Gasteiger partial charge in [-0.1, -0.05) is 70.9 Å². The molecule has 0 heterocycles. The molecule has 39 heavy (non-hydrogen) atoms. The summed E-state index contributed by atoms with van der Waals surface area (Å²) in [5.74, 6) is -0.789. The molecule has 208 valence electrons. The van der Waals surface area contributed by atoms with Gasteiger partial charge < -0.3 is 10.2 Å². The van der Waals surface area contributed by atoms with Crippen molar-refractivity contribution < 1.29 is 18.0 Å². The van der Waals surface area contributed by atoms with Crippen LogP contribution in [0, 0.1) is 6.92 Å². The topological polar surface area (TPSA) is 86.8 Å². The van der Waals surface area contributed by atoms with E-state index < -0.39 is 28.5 Å². The van der Waals surface area contributed by atoms with E-state index in [0.29, 0.717) is 12.1 Å². The van der Waals surface area contributed by atoms with E-state index in [4.69, 9.17) is 0 Å². The molecule has 0 bridgehead atoms. The van der Waals surface area contributed by atoms with E-state index in [1.54, 1.807) is 43.3 Å². The minimum absolute atomic E-state index is 0.0943. The smallest absolute Gasteiger partial charge is 0.264 e. The van der Waals surface area contributed by atoms with Crippen molar-refractivity contribution in [3.63, 3.8) is 0 Å². The minimum atomic E-state index is -4.10. The van der Waals surface area contributed by atoms with Crippen molar-refractivity contribution in [3.05, 3.63) is 94.0 Å². The lowest BCUT2D eigenvalue weighted by atomic mass is 10.1. The fourth-order valence-electron chi connectivity index (χ4n) is 4.18. The Morgan fingerprint density at radius 3 is 2.13 bits per heavy atom. The number of hydrogen-bond acceptors (Lipinski definition) is 4. The maximum absolute atomic E-state index is 14.0. The molecule has 1 atom stereocenters. The highest BCUT2D eigenvalue weighted by Crippen LogP contribution is 2.28. The predicted molar refractivity (Wildman–Crippen MR) is 159 cm³/mol. The zero-order valence-corrected chi connectivity index (χ0v) is 25.4. The van der Waals surface area contributed by atoms with Crippen LogP contribution < -0.4 is 9.62 Å². The van der Waals surface area contributed by atoms with Gasteiger partial charge in [0, 0.05) is 17.1 Å². The number of hydrogen-bond donors (Lipinski definition) is 1. The van der Waals surface area contributed by atoms with Crippen molar-refractivity contribution in [2.75, 3.05) is 10.8 Å². The Bertz CT molecular complexity index is 1390. The molecule has 0 aromatic heterocycles. The van der Waals surface area contributed by atoms with Crippen LogP contribution in [0.3, 0.4) is 0 Å². The average Bonchev–Trinajstić information content (AvgIpc) is 2.90. The first kappa shape index (κ1) is 30.4. The number of nitrogens with one attached hydrogen (secondary N) is 1. The molecule has 0 fully saturated rings. The lowest BCUT2D eigenvalue weighted by molar-refractivity contribution is -0.139. The molecular weight excluding hydrogens is 578 g/mol. The van der Waals surface area contributed by atoms with E-state index in [1.165, 1.54) is 9.21 Å². The number of carbonyl (C=O) groups excluding carboxylic acids is 2. The number of halogens is 1. The van der Waals surface area contributed by atoms with Gasteiger partial charge in [-0.25, -0.2) is 8.42 Å². The summed E-state index contributed by atoms with van der Waals surface area (Å²) in [6, 6.07) is 20.3. The highest BCUT2D eigenvalue weighted by Gasteiger charge is 2.33. The summed E-state index contributed by atoms with van der Waals surface area (Å²) in [6.07, 6.45) is 0.583. The summed E-state index contributed by atoms with van der Waals surface area (Å²) in [5.41, 5.74) is 2.98. The van der Waals surface area contributed by atoms with Gasteiger partial charge >= 0.3 is 0 Å². The van der Waals surface area contributed by atoms with Gasteiger partial charge in [0.05, 0.1) is 10.6 Å². The van der Waals surface area contributed by atoms with Crippen LogP contribution in [0.25, 0.3) is 0 Å². The molecule has 2 amide bonds. The molecule has 0 aliphatic heterocycles. The normalized spacial score (nSPS) is 12.2. The number of rotatable bonds is 11. The van der Waals surface area contributed by atoms with E-state index in [2.05, 4.69) is 21.2 Å². The lowest BCUT2D eigenvalue weighted by Crippen LogP contribution is -2.52. The van der Waals surface area contributed by atoms with Crippen molar-refractivity contribution in [3.8, 4) is 0 Å². The first-order valence-corrected chi connectivity index (χ1v) is 15.2.